The van der Waals surface area contributed by atoms with Gasteiger partial charge in [-0.2, -0.15) is 0 Å². The number of hydrogen-bond acceptors (Lipinski definition) is 2. The molecular formula is C12H19BrN2O2. The summed E-state index contributed by atoms with van der Waals surface area (Å²) in [6.07, 6.45) is 9.59. The summed E-state index contributed by atoms with van der Waals surface area (Å²) in [4.78, 5) is 10.8. The molecule has 0 bridgehead atoms. The lowest BCUT2D eigenvalue weighted by atomic mass is 10.3. The zero-order chi connectivity index (χ0) is 11.8. The minimum Gasteiger partial charge on any atom is -1.00 e. The van der Waals surface area contributed by atoms with E-state index in [0.29, 0.717) is 13.2 Å². The van der Waals surface area contributed by atoms with Crippen molar-refractivity contribution >= 4 is 5.97 Å². The number of hydrogen-bond donors (Lipinski definition) is 0. The highest BCUT2D eigenvalue weighted by Crippen LogP contribution is 1.92. The predicted octanol–water partition coefficient (Wildman–Crippen LogP) is -1.69. The van der Waals surface area contributed by atoms with Crippen LogP contribution in [0.3, 0.4) is 0 Å². The maximum atomic E-state index is 10.8. The summed E-state index contributed by atoms with van der Waals surface area (Å²) < 4.78 is 9.04. The zero-order valence-corrected chi connectivity index (χ0v) is 11.7. The maximum Gasteiger partial charge on any atom is 0.330 e. The van der Waals surface area contributed by atoms with Gasteiger partial charge in [-0.25, -0.2) is 13.9 Å². The van der Waals surface area contributed by atoms with E-state index in [2.05, 4.69) is 18.1 Å². The van der Waals surface area contributed by atoms with E-state index in [4.69, 9.17) is 4.74 Å². The van der Waals surface area contributed by atoms with Gasteiger partial charge >= 0.3 is 5.97 Å². The van der Waals surface area contributed by atoms with Crippen LogP contribution in [0.5, 0.6) is 0 Å². The Morgan fingerprint density at radius 1 is 1.59 bits per heavy atom. The molecule has 0 aromatic carbocycles. The average molecular weight is 303 g/mol. The Labute approximate surface area is 113 Å². The second kappa shape index (κ2) is 8.98. The highest BCUT2D eigenvalue weighted by Gasteiger charge is 2.03. The van der Waals surface area contributed by atoms with Crippen molar-refractivity contribution in [3.8, 4) is 0 Å². The monoisotopic (exact) mass is 302 g/mol. The molecular weight excluding hydrogens is 284 g/mol. The van der Waals surface area contributed by atoms with Crippen LogP contribution in [0.1, 0.15) is 19.8 Å². The molecule has 0 unspecified atom stereocenters. The lowest BCUT2D eigenvalue weighted by Gasteiger charge is -1.98. The van der Waals surface area contributed by atoms with E-state index in [1.165, 1.54) is 18.9 Å². The molecule has 5 heteroatoms. The summed E-state index contributed by atoms with van der Waals surface area (Å²) >= 11 is 0. The van der Waals surface area contributed by atoms with Gasteiger partial charge < -0.3 is 21.7 Å². The Morgan fingerprint density at radius 3 is 3.00 bits per heavy atom. The first-order chi connectivity index (χ1) is 7.76. The van der Waals surface area contributed by atoms with E-state index >= 15 is 0 Å². The number of rotatable bonds is 7. The molecule has 0 saturated heterocycles. The zero-order valence-electron chi connectivity index (χ0n) is 10.1. The standard InChI is InChI=1S/C12H19N2O2.BrH/c1-3-5-6-13-7-8-14(11-13)9-10-16-12(15)4-2;/h4,7-8,11H,2-3,5-6,9-10H2,1H3;1H/q+1;/p-1. The van der Waals surface area contributed by atoms with E-state index in [9.17, 15) is 4.79 Å². The normalized spacial score (nSPS) is 9.47. The molecule has 1 heterocycles. The van der Waals surface area contributed by atoms with Crippen LogP contribution in [0.15, 0.2) is 31.4 Å². The lowest BCUT2D eigenvalue weighted by molar-refractivity contribution is -0.697. The highest BCUT2D eigenvalue weighted by atomic mass is 79.9. The molecule has 1 rings (SSSR count). The van der Waals surface area contributed by atoms with Gasteiger partial charge in [0, 0.05) is 6.08 Å². The Kier molecular flexibility index (Phi) is 8.40. The summed E-state index contributed by atoms with van der Waals surface area (Å²) in [6, 6.07) is 0. The topological polar surface area (TPSA) is 35.1 Å². The van der Waals surface area contributed by atoms with Crippen molar-refractivity contribution in [1.82, 2.24) is 4.57 Å². The van der Waals surface area contributed by atoms with Gasteiger partial charge in [0.1, 0.15) is 25.5 Å². The molecule has 0 spiro atoms. The van der Waals surface area contributed by atoms with Crippen molar-refractivity contribution in [2.75, 3.05) is 6.61 Å². The van der Waals surface area contributed by atoms with Gasteiger partial charge in [-0.3, -0.25) is 0 Å². The van der Waals surface area contributed by atoms with Crippen molar-refractivity contribution in [2.45, 2.75) is 32.9 Å². The number of aromatic nitrogens is 2. The van der Waals surface area contributed by atoms with Gasteiger partial charge in [-0.1, -0.05) is 19.9 Å². The number of carbonyl (C=O) groups is 1. The molecule has 96 valence electrons. The first-order valence-electron chi connectivity index (χ1n) is 5.60. The average Bonchev–Trinajstić information content (AvgIpc) is 2.74. The highest BCUT2D eigenvalue weighted by molar-refractivity contribution is 5.81. The third-order valence-electron chi connectivity index (χ3n) is 2.28. The molecule has 1 aromatic rings. The molecule has 0 aliphatic carbocycles. The van der Waals surface area contributed by atoms with Crippen LogP contribution in [-0.4, -0.2) is 17.1 Å². The number of aryl methyl sites for hydroxylation is 1. The van der Waals surface area contributed by atoms with Gasteiger partial charge in [-0.05, 0) is 6.42 Å². The molecule has 0 N–H and O–H groups in total. The minimum absolute atomic E-state index is 0. The van der Waals surface area contributed by atoms with Crippen molar-refractivity contribution in [1.29, 1.82) is 0 Å². The Morgan fingerprint density at radius 2 is 2.35 bits per heavy atom. The fourth-order valence-electron chi connectivity index (χ4n) is 1.35. The Balaban J connectivity index is 0.00000256. The predicted molar refractivity (Wildman–Crippen MR) is 60.7 cm³/mol. The molecule has 0 aliphatic heterocycles. The number of esters is 1. The number of nitrogens with zero attached hydrogens (tertiary/aromatic N) is 2. The minimum atomic E-state index is -0.369. The molecule has 1 aromatic heterocycles. The number of carbonyl (C=O) groups excluding carboxylic acids is 1. The largest absolute Gasteiger partial charge is 1.00 e. The third-order valence-corrected chi connectivity index (χ3v) is 2.28. The summed E-state index contributed by atoms with van der Waals surface area (Å²) in [5.41, 5.74) is 0. The Hall–Kier alpha value is -1.10. The number of ether oxygens (including phenoxy) is 1. The number of halogens is 1. The van der Waals surface area contributed by atoms with Gasteiger partial charge in [0.2, 0.25) is 6.33 Å². The number of unbranched alkanes of at least 4 members (excludes halogenated alkanes) is 1. The fraction of sp³-hybridized carbons (Fsp3) is 0.500. The first kappa shape index (κ1) is 15.9. The van der Waals surface area contributed by atoms with Gasteiger partial charge in [0.15, 0.2) is 0 Å². The molecule has 4 nitrogen and oxygen atoms in total. The Bertz CT molecular complexity index is 350. The quantitative estimate of drug-likeness (QED) is 0.342. The van der Waals surface area contributed by atoms with Crippen molar-refractivity contribution in [2.24, 2.45) is 0 Å². The van der Waals surface area contributed by atoms with Gasteiger partial charge in [0.05, 0.1) is 6.54 Å². The van der Waals surface area contributed by atoms with E-state index in [-0.39, 0.29) is 23.0 Å². The van der Waals surface area contributed by atoms with Crippen LogP contribution in [0.4, 0.5) is 0 Å². The van der Waals surface area contributed by atoms with E-state index in [1.54, 1.807) is 0 Å². The molecule has 0 fully saturated rings. The number of imidazole rings is 1. The van der Waals surface area contributed by atoms with Gasteiger partial charge in [-0.15, -0.1) is 0 Å². The molecule has 17 heavy (non-hydrogen) atoms. The van der Waals surface area contributed by atoms with Crippen LogP contribution in [0, 0.1) is 0 Å². The van der Waals surface area contributed by atoms with Crippen LogP contribution in [0.25, 0.3) is 0 Å². The maximum absolute atomic E-state index is 10.8. The molecule has 0 aliphatic rings. The molecule has 0 atom stereocenters. The fourth-order valence-corrected chi connectivity index (χ4v) is 1.35. The summed E-state index contributed by atoms with van der Waals surface area (Å²) in [5.74, 6) is -0.369. The lowest BCUT2D eigenvalue weighted by Crippen LogP contribution is -3.00. The SMILES string of the molecule is C=CC(=O)OCC[n+]1ccn(CCCC)c1.[Br-]. The third kappa shape index (κ3) is 6.26. The second-order valence-electron chi connectivity index (χ2n) is 3.61. The van der Waals surface area contributed by atoms with Crippen LogP contribution >= 0.6 is 0 Å². The first-order valence-corrected chi connectivity index (χ1v) is 5.60. The van der Waals surface area contributed by atoms with Crippen molar-refractivity contribution < 1.29 is 31.1 Å². The van der Waals surface area contributed by atoms with Crippen molar-refractivity contribution in [3.63, 3.8) is 0 Å². The van der Waals surface area contributed by atoms with Crippen LogP contribution < -0.4 is 21.5 Å². The van der Waals surface area contributed by atoms with E-state index < -0.39 is 0 Å². The van der Waals surface area contributed by atoms with E-state index in [1.807, 2.05) is 23.3 Å². The molecule has 0 radical (unpaired) electrons. The smallest absolute Gasteiger partial charge is 0.330 e. The summed E-state index contributed by atoms with van der Waals surface area (Å²) in [6.45, 7) is 7.61. The second-order valence-corrected chi connectivity index (χ2v) is 3.61. The van der Waals surface area contributed by atoms with Crippen LogP contribution in [0.2, 0.25) is 0 Å². The summed E-state index contributed by atoms with van der Waals surface area (Å²) in [7, 11) is 0. The molecule has 0 saturated carbocycles. The van der Waals surface area contributed by atoms with E-state index in [0.717, 1.165) is 6.54 Å². The van der Waals surface area contributed by atoms with Gasteiger partial charge in [0.25, 0.3) is 0 Å². The summed E-state index contributed by atoms with van der Waals surface area (Å²) in [5, 5.41) is 0. The van der Waals surface area contributed by atoms with Crippen LogP contribution in [-0.2, 0) is 22.6 Å². The van der Waals surface area contributed by atoms with Crippen molar-refractivity contribution in [3.05, 3.63) is 31.4 Å². The molecule has 0 amide bonds.